The number of halogens is 1. The molecule has 0 aromatic heterocycles. The van der Waals surface area contributed by atoms with Crippen molar-refractivity contribution in [2.45, 2.75) is 51.5 Å². The molecule has 0 bridgehead atoms. The van der Waals surface area contributed by atoms with Crippen molar-refractivity contribution < 1.29 is 4.39 Å². The van der Waals surface area contributed by atoms with E-state index in [1.54, 1.807) is 12.1 Å². The summed E-state index contributed by atoms with van der Waals surface area (Å²) in [6.07, 6.45) is 7.86. The van der Waals surface area contributed by atoms with E-state index in [0.29, 0.717) is 6.04 Å². The molecule has 0 amide bonds. The topological polar surface area (TPSA) is 12.0 Å². The SMILES string of the molecule is CCNC(Cc1ccc(F)cc1)C1CCCCC1. The second-order valence-corrected chi connectivity index (χ2v) is 5.39. The molecule has 1 unspecified atom stereocenters. The van der Waals surface area contributed by atoms with Crippen LogP contribution in [0.5, 0.6) is 0 Å². The van der Waals surface area contributed by atoms with Gasteiger partial charge in [-0.05, 0) is 49.4 Å². The van der Waals surface area contributed by atoms with Gasteiger partial charge in [-0.2, -0.15) is 0 Å². The minimum atomic E-state index is -0.142. The van der Waals surface area contributed by atoms with Crippen molar-refractivity contribution in [2.24, 2.45) is 5.92 Å². The van der Waals surface area contributed by atoms with Crippen molar-refractivity contribution in [2.75, 3.05) is 6.54 Å². The van der Waals surface area contributed by atoms with E-state index in [4.69, 9.17) is 0 Å². The Morgan fingerprint density at radius 2 is 1.83 bits per heavy atom. The van der Waals surface area contributed by atoms with Crippen molar-refractivity contribution in [1.82, 2.24) is 5.32 Å². The van der Waals surface area contributed by atoms with Gasteiger partial charge in [0, 0.05) is 6.04 Å². The first-order valence-electron chi connectivity index (χ1n) is 7.27. The van der Waals surface area contributed by atoms with Crippen molar-refractivity contribution in [3.05, 3.63) is 35.6 Å². The maximum Gasteiger partial charge on any atom is 0.123 e. The highest BCUT2D eigenvalue weighted by Gasteiger charge is 2.22. The average molecular weight is 249 g/mol. The van der Waals surface area contributed by atoms with Crippen molar-refractivity contribution in [1.29, 1.82) is 0 Å². The van der Waals surface area contributed by atoms with Gasteiger partial charge in [-0.25, -0.2) is 4.39 Å². The van der Waals surface area contributed by atoms with E-state index in [1.807, 2.05) is 12.1 Å². The Morgan fingerprint density at radius 1 is 1.17 bits per heavy atom. The summed E-state index contributed by atoms with van der Waals surface area (Å²) in [6, 6.07) is 7.53. The lowest BCUT2D eigenvalue weighted by molar-refractivity contribution is 0.269. The van der Waals surface area contributed by atoms with Crippen molar-refractivity contribution in [3.8, 4) is 0 Å². The summed E-state index contributed by atoms with van der Waals surface area (Å²) in [4.78, 5) is 0. The van der Waals surface area contributed by atoms with E-state index in [2.05, 4.69) is 12.2 Å². The molecule has 18 heavy (non-hydrogen) atoms. The Labute approximate surface area is 110 Å². The molecular weight excluding hydrogens is 225 g/mol. The quantitative estimate of drug-likeness (QED) is 0.834. The maximum atomic E-state index is 12.9. The summed E-state index contributed by atoms with van der Waals surface area (Å²) in [7, 11) is 0. The Balaban J connectivity index is 1.98. The predicted octanol–water partition coefficient (Wildman–Crippen LogP) is 3.93. The highest BCUT2D eigenvalue weighted by atomic mass is 19.1. The lowest BCUT2D eigenvalue weighted by Gasteiger charge is -2.31. The molecule has 0 heterocycles. The maximum absolute atomic E-state index is 12.9. The fourth-order valence-electron chi connectivity index (χ4n) is 3.08. The van der Waals surface area contributed by atoms with Crippen LogP contribution >= 0.6 is 0 Å². The molecule has 0 aliphatic heterocycles. The van der Waals surface area contributed by atoms with Gasteiger partial charge in [0.05, 0.1) is 0 Å². The molecule has 0 spiro atoms. The van der Waals surface area contributed by atoms with Crippen LogP contribution in [-0.2, 0) is 6.42 Å². The molecule has 2 rings (SSSR count). The number of likely N-dealkylation sites (N-methyl/N-ethyl adjacent to an activating group) is 1. The Kier molecular flexibility index (Phi) is 5.18. The van der Waals surface area contributed by atoms with E-state index in [1.165, 1.54) is 37.7 Å². The standard InChI is InChI=1S/C16H24FN/c1-2-18-16(14-6-4-3-5-7-14)12-13-8-10-15(17)11-9-13/h8-11,14,16,18H,2-7,12H2,1H3. The van der Waals surface area contributed by atoms with E-state index < -0.39 is 0 Å². The van der Waals surface area contributed by atoms with E-state index in [9.17, 15) is 4.39 Å². The molecule has 1 aliphatic carbocycles. The summed E-state index contributed by atoms with van der Waals surface area (Å²) in [5.41, 5.74) is 1.24. The zero-order valence-corrected chi connectivity index (χ0v) is 11.3. The van der Waals surface area contributed by atoms with Crippen LogP contribution in [0.3, 0.4) is 0 Å². The van der Waals surface area contributed by atoms with Gasteiger partial charge in [0.2, 0.25) is 0 Å². The van der Waals surface area contributed by atoms with Crippen LogP contribution in [0.4, 0.5) is 4.39 Å². The Morgan fingerprint density at radius 3 is 2.44 bits per heavy atom. The van der Waals surface area contributed by atoms with Crippen LogP contribution < -0.4 is 5.32 Å². The van der Waals surface area contributed by atoms with Crippen LogP contribution in [0.15, 0.2) is 24.3 Å². The van der Waals surface area contributed by atoms with Crippen LogP contribution in [-0.4, -0.2) is 12.6 Å². The number of rotatable bonds is 5. The minimum absolute atomic E-state index is 0.142. The number of nitrogens with one attached hydrogen (secondary N) is 1. The van der Waals surface area contributed by atoms with Gasteiger partial charge in [-0.1, -0.05) is 38.3 Å². The summed E-state index contributed by atoms with van der Waals surface area (Å²) in [5.74, 6) is 0.653. The molecule has 2 heteroatoms. The lowest BCUT2D eigenvalue weighted by Crippen LogP contribution is -2.38. The number of hydrogen-bond acceptors (Lipinski definition) is 1. The van der Waals surface area contributed by atoms with E-state index >= 15 is 0 Å². The van der Waals surface area contributed by atoms with Crippen LogP contribution in [0.1, 0.15) is 44.6 Å². The van der Waals surface area contributed by atoms with Crippen LogP contribution in [0.25, 0.3) is 0 Å². The molecule has 1 aliphatic rings. The van der Waals surface area contributed by atoms with E-state index in [-0.39, 0.29) is 5.82 Å². The first kappa shape index (κ1) is 13.5. The fraction of sp³-hybridized carbons (Fsp3) is 0.625. The first-order chi connectivity index (χ1) is 8.79. The van der Waals surface area contributed by atoms with Crippen LogP contribution in [0.2, 0.25) is 0 Å². The summed E-state index contributed by atoms with van der Waals surface area (Å²) in [5, 5.41) is 3.62. The Bertz CT molecular complexity index is 341. The smallest absolute Gasteiger partial charge is 0.123 e. The van der Waals surface area contributed by atoms with E-state index in [0.717, 1.165) is 18.9 Å². The number of benzene rings is 1. The highest BCUT2D eigenvalue weighted by Crippen LogP contribution is 2.28. The van der Waals surface area contributed by atoms with Gasteiger partial charge in [0.25, 0.3) is 0 Å². The second kappa shape index (κ2) is 6.89. The van der Waals surface area contributed by atoms with Crippen molar-refractivity contribution >= 4 is 0 Å². The third-order valence-corrected chi connectivity index (χ3v) is 4.05. The normalized spacial score (nSPS) is 18.8. The molecule has 0 radical (unpaired) electrons. The third-order valence-electron chi connectivity index (χ3n) is 4.05. The largest absolute Gasteiger partial charge is 0.314 e. The van der Waals surface area contributed by atoms with Gasteiger partial charge >= 0.3 is 0 Å². The van der Waals surface area contributed by atoms with Crippen LogP contribution in [0, 0.1) is 11.7 Å². The molecular formula is C16H24FN. The van der Waals surface area contributed by atoms with Gasteiger partial charge in [-0.15, -0.1) is 0 Å². The third kappa shape index (κ3) is 3.81. The summed E-state index contributed by atoms with van der Waals surface area (Å²) >= 11 is 0. The fourth-order valence-corrected chi connectivity index (χ4v) is 3.08. The molecule has 0 saturated heterocycles. The lowest BCUT2D eigenvalue weighted by atomic mass is 9.81. The molecule has 1 aromatic rings. The average Bonchev–Trinajstić information content (AvgIpc) is 2.42. The van der Waals surface area contributed by atoms with Gasteiger partial charge in [-0.3, -0.25) is 0 Å². The molecule has 1 saturated carbocycles. The molecule has 1 nitrogen and oxygen atoms in total. The van der Waals surface area contributed by atoms with Gasteiger partial charge < -0.3 is 5.32 Å². The first-order valence-corrected chi connectivity index (χ1v) is 7.27. The predicted molar refractivity (Wildman–Crippen MR) is 74.1 cm³/mol. The molecule has 1 N–H and O–H groups in total. The second-order valence-electron chi connectivity index (χ2n) is 5.39. The number of hydrogen-bond donors (Lipinski definition) is 1. The molecule has 1 fully saturated rings. The molecule has 1 atom stereocenters. The summed E-state index contributed by atoms with van der Waals surface area (Å²) < 4.78 is 12.9. The Hall–Kier alpha value is -0.890. The molecule has 1 aromatic carbocycles. The zero-order chi connectivity index (χ0) is 12.8. The van der Waals surface area contributed by atoms with Crippen molar-refractivity contribution in [3.63, 3.8) is 0 Å². The molecule has 100 valence electrons. The zero-order valence-electron chi connectivity index (χ0n) is 11.3. The monoisotopic (exact) mass is 249 g/mol. The van der Waals surface area contributed by atoms with Gasteiger partial charge in [0.15, 0.2) is 0 Å². The summed E-state index contributed by atoms with van der Waals surface area (Å²) in [6.45, 7) is 3.18. The highest BCUT2D eigenvalue weighted by molar-refractivity contribution is 5.17. The minimum Gasteiger partial charge on any atom is -0.314 e. The van der Waals surface area contributed by atoms with Gasteiger partial charge in [0.1, 0.15) is 5.82 Å².